The van der Waals surface area contributed by atoms with Crippen LogP contribution in [0.1, 0.15) is 16.7 Å². The second kappa shape index (κ2) is 18.2. The molecule has 0 bridgehead atoms. The third-order valence-corrected chi connectivity index (χ3v) is 12.7. The molecule has 3 aromatic rings. The Labute approximate surface area is 392 Å². The molecule has 0 aliphatic heterocycles. The standard InChI is InChI=1S/C36H12F39P/c37-19(38,22(43,44)25(49,50)28(55,56)31(61,62)34(67,68)69)13-1-7-16(8-2-13)76(17-9-3-14(4-10-17)20(39,40)23(45,46)26(51,52)29(57,58)32(63,64)35(70,71)72)18-11-5-15(6-12-18)21(41,42)24(47,48)27(53,54)30(59,60)33(65,66)36(73,74)75/h1-12H. The summed E-state index contributed by atoms with van der Waals surface area (Å²) in [5, 5.41) is -3.81. The third-order valence-electron chi connectivity index (χ3n) is 10.3. The summed E-state index contributed by atoms with van der Waals surface area (Å²) in [6.07, 6.45) is -23.7. The molecule has 0 fully saturated rings. The second-order valence-corrected chi connectivity index (χ2v) is 17.3. The van der Waals surface area contributed by atoms with E-state index in [9.17, 15) is 171 Å². The van der Waals surface area contributed by atoms with E-state index >= 15 is 0 Å². The number of benzene rings is 3. The largest absolute Gasteiger partial charge is 0.460 e. The van der Waals surface area contributed by atoms with Crippen molar-refractivity contribution in [2.24, 2.45) is 0 Å². The summed E-state index contributed by atoms with van der Waals surface area (Å²) in [6, 6.07) is -6.31. The Kier molecular flexibility index (Phi) is 15.7. The predicted molar refractivity (Wildman–Crippen MR) is 174 cm³/mol. The van der Waals surface area contributed by atoms with Crippen LogP contribution in [0.5, 0.6) is 0 Å². The molecule has 3 rings (SSSR count). The molecule has 0 aliphatic rings. The van der Waals surface area contributed by atoms with Crippen LogP contribution >= 0.6 is 7.92 Å². The molecule has 0 N–H and O–H groups in total. The van der Waals surface area contributed by atoms with Gasteiger partial charge in [0.2, 0.25) is 0 Å². The summed E-state index contributed by atoms with van der Waals surface area (Å²) in [7, 11) is -3.66. The van der Waals surface area contributed by atoms with Crippen molar-refractivity contribution in [2.45, 2.75) is 107 Å². The predicted octanol–water partition coefficient (Wildman–Crippen LogP) is 16.0. The minimum Gasteiger partial charge on any atom is -0.194 e. The maximum absolute atomic E-state index is 14.9. The lowest BCUT2D eigenvalue weighted by Crippen LogP contribution is -2.69. The minimum atomic E-state index is -8.50. The van der Waals surface area contributed by atoms with Gasteiger partial charge in [-0.3, -0.25) is 0 Å². The highest BCUT2D eigenvalue weighted by Crippen LogP contribution is 2.65. The Balaban J connectivity index is 2.36. The van der Waals surface area contributed by atoms with Gasteiger partial charge in [-0.15, -0.1) is 0 Å². The fourth-order valence-electron chi connectivity index (χ4n) is 5.76. The summed E-state index contributed by atoms with van der Waals surface area (Å²) in [4.78, 5) is 0. The van der Waals surface area contributed by atoms with Gasteiger partial charge in [-0.25, -0.2) is 0 Å². The van der Waals surface area contributed by atoms with Crippen LogP contribution in [0.15, 0.2) is 72.8 Å². The Morgan fingerprint density at radius 1 is 0.171 bits per heavy atom. The van der Waals surface area contributed by atoms with Gasteiger partial charge in [0.1, 0.15) is 0 Å². The molecule has 0 radical (unpaired) electrons. The van der Waals surface area contributed by atoms with E-state index in [1.807, 2.05) is 0 Å². The topological polar surface area (TPSA) is 0 Å². The fourth-order valence-corrected chi connectivity index (χ4v) is 8.00. The maximum atomic E-state index is 14.9. The van der Waals surface area contributed by atoms with E-state index in [1.54, 1.807) is 0 Å². The van der Waals surface area contributed by atoms with Gasteiger partial charge in [-0.2, -0.15) is 171 Å². The lowest BCUT2D eigenvalue weighted by Gasteiger charge is -2.40. The van der Waals surface area contributed by atoms with Crippen LogP contribution in [0.4, 0.5) is 171 Å². The average molecular weight is 1220 g/mol. The van der Waals surface area contributed by atoms with Gasteiger partial charge in [-0.05, 0) is 23.8 Å². The van der Waals surface area contributed by atoms with E-state index in [2.05, 4.69) is 0 Å². The molecule has 0 amide bonds. The van der Waals surface area contributed by atoms with Crippen LogP contribution in [0.3, 0.4) is 0 Å². The van der Waals surface area contributed by atoms with E-state index in [1.165, 1.54) is 0 Å². The summed E-state index contributed by atoms with van der Waals surface area (Å²) in [5.74, 6) is -121. The van der Waals surface area contributed by atoms with Gasteiger partial charge < -0.3 is 0 Å². The van der Waals surface area contributed by atoms with Gasteiger partial charge in [0.05, 0.1) is 0 Å². The molecule has 3 aromatic carbocycles. The zero-order valence-corrected chi connectivity index (χ0v) is 35.0. The highest BCUT2D eigenvalue weighted by molar-refractivity contribution is 7.79. The first-order valence-corrected chi connectivity index (χ1v) is 19.3. The Hall–Kier alpha value is -4.64. The average Bonchev–Trinajstić information content (AvgIpc) is 3.25. The highest BCUT2D eigenvalue weighted by Gasteiger charge is 2.93. The first kappa shape index (κ1) is 65.6. The molecule has 0 saturated heterocycles. The normalized spacial score (nSPS) is 15.9. The lowest BCUT2D eigenvalue weighted by molar-refractivity contribution is -0.441. The Bertz CT molecular complexity index is 2240. The smallest absolute Gasteiger partial charge is 0.194 e. The van der Waals surface area contributed by atoms with Crippen molar-refractivity contribution in [1.29, 1.82) is 0 Å². The molecule has 76 heavy (non-hydrogen) atoms. The molecule has 40 heteroatoms. The van der Waals surface area contributed by atoms with Crippen molar-refractivity contribution in [2.75, 3.05) is 0 Å². The molecule has 0 spiro atoms. The van der Waals surface area contributed by atoms with Crippen molar-refractivity contribution < 1.29 is 171 Å². The van der Waals surface area contributed by atoms with E-state index in [0.29, 0.717) is 0 Å². The molecule has 0 aliphatic carbocycles. The van der Waals surface area contributed by atoms with E-state index < -0.39 is 184 Å². The van der Waals surface area contributed by atoms with Crippen LogP contribution in [0.2, 0.25) is 0 Å². The third kappa shape index (κ3) is 8.94. The van der Waals surface area contributed by atoms with Crippen molar-refractivity contribution in [3.05, 3.63) is 89.5 Å². The van der Waals surface area contributed by atoms with Crippen molar-refractivity contribution >= 4 is 23.8 Å². The first-order valence-electron chi connectivity index (χ1n) is 18.0. The monoisotopic (exact) mass is 1220 g/mol. The second-order valence-electron chi connectivity index (χ2n) is 15.1. The molecular formula is C36H12F39P. The van der Waals surface area contributed by atoms with Crippen molar-refractivity contribution in [3.8, 4) is 0 Å². The number of alkyl halides is 39. The molecule has 0 aromatic heterocycles. The van der Waals surface area contributed by atoms with Crippen molar-refractivity contribution in [1.82, 2.24) is 0 Å². The molecule has 0 saturated carbocycles. The summed E-state index contributed by atoms with van der Waals surface area (Å²) < 4.78 is 537. The zero-order valence-electron chi connectivity index (χ0n) is 34.1. The SMILES string of the molecule is FC(F)(F)C(F)(F)C(F)(F)C(F)(F)C(F)(F)C(F)(F)c1ccc(P(c2ccc(C(F)(F)C(F)(F)C(F)(F)C(F)(F)C(F)(F)C(F)(F)F)cc2)c2ccc(C(F)(F)C(F)(F)C(F)(F)C(F)(F)C(F)(F)C(F)(F)F)cc2)cc1. The number of halogens is 39. The lowest BCUT2D eigenvalue weighted by atomic mass is 9.90. The maximum Gasteiger partial charge on any atom is 0.460 e. The van der Waals surface area contributed by atoms with Crippen molar-refractivity contribution in [3.63, 3.8) is 0 Å². The number of hydrogen-bond acceptors (Lipinski definition) is 0. The summed E-state index contributed by atoms with van der Waals surface area (Å²) in [6.45, 7) is 0. The van der Waals surface area contributed by atoms with Crippen LogP contribution in [0, 0.1) is 0 Å². The first-order chi connectivity index (χ1) is 33.0. The zero-order chi connectivity index (χ0) is 60.5. The molecular weight excluding hydrogens is 1200 g/mol. The van der Waals surface area contributed by atoms with Gasteiger partial charge in [-0.1, -0.05) is 72.8 Å². The fraction of sp³-hybridized carbons (Fsp3) is 0.500. The van der Waals surface area contributed by atoms with Crippen LogP contribution in [0.25, 0.3) is 0 Å². The van der Waals surface area contributed by atoms with E-state index in [0.717, 1.165) is 0 Å². The molecule has 434 valence electrons. The molecule has 0 heterocycles. The number of rotatable bonds is 18. The minimum absolute atomic E-state index is 0.300. The van der Waals surface area contributed by atoms with Crippen LogP contribution < -0.4 is 15.9 Å². The number of hydrogen-bond donors (Lipinski definition) is 0. The van der Waals surface area contributed by atoms with Gasteiger partial charge >= 0.3 is 107 Å². The van der Waals surface area contributed by atoms with Gasteiger partial charge in [0, 0.05) is 16.7 Å². The van der Waals surface area contributed by atoms with E-state index in [4.69, 9.17) is 0 Å². The molecule has 0 atom stereocenters. The van der Waals surface area contributed by atoms with E-state index in [-0.39, 0.29) is 36.4 Å². The quantitative estimate of drug-likeness (QED) is 0.0880. The van der Waals surface area contributed by atoms with Gasteiger partial charge in [0.25, 0.3) is 0 Å². The Morgan fingerprint density at radius 2 is 0.303 bits per heavy atom. The van der Waals surface area contributed by atoms with Gasteiger partial charge in [0.15, 0.2) is 0 Å². The molecule has 0 nitrogen and oxygen atoms in total. The summed E-state index contributed by atoms with van der Waals surface area (Å²) in [5.41, 5.74) is -8.67. The molecule has 0 unspecified atom stereocenters. The summed E-state index contributed by atoms with van der Waals surface area (Å²) >= 11 is 0. The highest BCUT2D eigenvalue weighted by atomic mass is 31.1. The van der Waals surface area contributed by atoms with Crippen LogP contribution in [-0.4, -0.2) is 89.6 Å². The van der Waals surface area contributed by atoms with Crippen LogP contribution in [-0.2, 0) is 17.8 Å². The Morgan fingerprint density at radius 3 is 0.434 bits per heavy atom.